The lowest BCUT2D eigenvalue weighted by Gasteiger charge is -2.47. The summed E-state index contributed by atoms with van der Waals surface area (Å²) in [5, 5.41) is 0. The summed E-state index contributed by atoms with van der Waals surface area (Å²) >= 11 is 0. The summed E-state index contributed by atoms with van der Waals surface area (Å²) in [4.78, 5) is 34.1. The molecule has 0 N–H and O–H groups in total. The van der Waals surface area contributed by atoms with Crippen LogP contribution in [0.2, 0.25) is 0 Å². The number of hydrogen-bond acceptors (Lipinski definition) is 9. The highest BCUT2D eigenvalue weighted by molar-refractivity contribution is 5.68. The molecular formula is C14H20O9. The highest BCUT2D eigenvalue weighted by atomic mass is 16.8. The first kappa shape index (κ1) is 17.6. The van der Waals surface area contributed by atoms with Gasteiger partial charge in [0, 0.05) is 20.8 Å². The van der Waals surface area contributed by atoms with E-state index in [0.29, 0.717) is 0 Å². The Bertz CT molecular complexity index is 477. The number of rotatable bonds is 3. The molecule has 130 valence electrons. The van der Waals surface area contributed by atoms with Gasteiger partial charge >= 0.3 is 17.9 Å². The molecule has 0 spiro atoms. The molecule has 9 nitrogen and oxygen atoms in total. The standard InChI is InChI=1S/C14H20O9/c1-6(15)19-12-11-10(5-18-9(4)22-11)23-14(21-8(3)17)13(12)20-7(2)16/h9-14H,5H2,1-4H3/t9-,10-,11-,12+,13-,14+/m1/s1. The monoisotopic (exact) mass is 332 g/mol. The smallest absolute Gasteiger partial charge is 0.305 e. The third kappa shape index (κ3) is 4.40. The van der Waals surface area contributed by atoms with Gasteiger partial charge in [0.15, 0.2) is 12.4 Å². The van der Waals surface area contributed by atoms with Gasteiger partial charge in [-0.05, 0) is 6.92 Å². The van der Waals surface area contributed by atoms with Gasteiger partial charge in [0.05, 0.1) is 6.61 Å². The number of carbonyl (C=O) groups is 3. The molecule has 0 aromatic heterocycles. The predicted octanol–water partition coefficient (Wildman–Crippen LogP) is -0.101. The minimum Gasteiger partial charge on any atom is -0.455 e. The van der Waals surface area contributed by atoms with Gasteiger partial charge in [0.25, 0.3) is 0 Å². The predicted molar refractivity (Wildman–Crippen MR) is 71.8 cm³/mol. The van der Waals surface area contributed by atoms with E-state index in [4.69, 9.17) is 28.4 Å². The average molecular weight is 332 g/mol. The maximum Gasteiger partial charge on any atom is 0.305 e. The highest BCUT2D eigenvalue weighted by Gasteiger charge is 2.54. The van der Waals surface area contributed by atoms with Gasteiger partial charge in [-0.2, -0.15) is 0 Å². The third-order valence-corrected chi connectivity index (χ3v) is 3.32. The van der Waals surface area contributed by atoms with Gasteiger partial charge in [-0.3, -0.25) is 14.4 Å². The Balaban J connectivity index is 2.29. The van der Waals surface area contributed by atoms with E-state index in [1.807, 2.05) is 0 Å². The van der Waals surface area contributed by atoms with E-state index in [0.717, 1.165) is 0 Å². The topological polar surface area (TPSA) is 107 Å². The molecule has 0 aliphatic carbocycles. The van der Waals surface area contributed by atoms with Gasteiger partial charge < -0.3 is 28.4 Å². The molecule has 0 unspecified atom stereocenters. The normalized spacial score (nSPS) is 36.5. The highest BCUT2D eigenvalue weighted by Crippen LogP contribution is 2.32. The van der Waals surface area contributed by atoms with Crippen LogP contribution >= 0.6 is 0 Å². The molecular weight excluding hydrogens is 312 g/mol. The Morgan fingerprint density at radius 3 is 2.00 bits per heavy atom. The number of fused-ring (bicyclic) bond motifs is 1. The van der Waals surface area contributed by atoms with Crippen LogP contribution in [0.1, 0.15) is 27.7 Å². The Hall–Kier alpha value is -1.71. The number of ether oxygens (including phenoxy) is 6. The summed E-state index contributed by atoms with van der Waals surface area (Å²) in [6.45, 7) is 5.44. The Morgan fingerprint density at radius 2 is 1.43 bits per heavy atom. The molecule has 9 heteroatoms. The van der Waals surface area contributed by atoms with Crippen LogP contribution in [0.3, 0.4) is 0 Å². The SMILES string of the molecule is CC(=O)O[C@H]1O[C@@H]2CO[C@@H](C)O[C@H]2[C@H](OC(C)=O)[C@H]1OC(C)=O. The maximum atomic E-state index is 11.4. The molecule has 2 heterocycles. The van der Waals surface area contributed by atoms with Gasteiger partial charge in [-0.15, -0.1) is 0 Å². The van der Waals surface area contributed by atoms with E-state index in [9.17, 15) is 14.4 Å². The maximum absolute atomic E-state index is 11.4. The van der Waals surface area contributed by atoms with Crippen LogP contribution < -0.4 is 0 Å². The first-order chi connectivity index (χ1) is 10.8. The van der Waals surface area contributed by atoms with Crippen molar-refractivity contribution in [3.05, 3.63) is 0 Å². The lowest BCUT2D eigenvalue weighted by Crippen LogP contribution is -2.65. The molecule has 0 aromatic rings. The number of hydrogen-bond donors (Lipinski definition) is 0. The molecule has 23 heavy (non-hydrogen) atoms. The van der Waals surface area contributed by atoms with Gasteiger partial charge in [0.1, 0.15) is 12.2 Å². The van der Waals surface area contributed by atoms with Crippen LogP contribution in [0.25, 0.3) is 0 Å². The third-order valence-electron chi connectivity index (χ3n) is 3.32. The van der Waals surface area contributed by atoms with Crippen molar-refractivity contribution < 1.29 is 42.8 Å². The lowest BCUT2D eigenvalue weighted by molar-refractivity contribution is -0.351. The quantitative estimate of drug-likeness (QED) is 0.517. The fraction of sp³-hybridized carbons (Fsp3) is 0.786. The zero-order chi connectivity index (χ0) is 17.1. The molecule has 2 fully saturated rings. The zero-order valence-electron chi connectivity index (χ0n) is 13.3. The Morgan fingerprint density at radius 1 is 0.870 bits per heavy atom. The molecule has 0 saturated carbocycles. The molecule has 2 aliphatic heterocycles. The van der Waals surface area contributed by atoms with Crippen LogP contribution in [0.5, 0.6) is 0 Å². The van der Waals surface area contributed by atoms with Crippen LogP contribution in [-0.2, 0) is 42.8 Å². The average Bonchev–Trinajstić information content (AvgIpc) is 2.41. The number of esters is 3. The summed E-state index contributed by atoms with van der Waals surface area (Å²) in [5.41, 5.74) is 0. The van der Waals surface area contributed by atoms with Crippen molar-refractivity contribution in [2.24, 2.45) is 0 Å². The largest absolute Gasteiger partial charge is 0.455 e. The summed E-state index contributed by atoms with van der Waals surface area (Å²) in [5.74, 6) is -1.85. The molecule has 0 bridgehead atoms. The van der Waals surface area contributed by atoms with Crippen LogP contribution in [-0.4, -0.2) is 61.5 Å². The molecule has 2 saturated heterocycles. The van der Waals surface area contributed by atoms with E-state index < -0.39 is 54.9 Å². The van der Waals surface area contributed by atoms with Gasteiger partial charge in [-0.25, -0.2) is 0 Å². The van der Waals surface area contributed by atoms with Crippen LogP contribution in [0.4, 0.5) is 0 Å². The van der Waals surface area contributed by atoms with Crippen molar-refractivity contribution in [2.75, 3.05) is 6.61 Å². The summed E-state index contributed by atoms with van der Waals surface area (Å²) in [6, 6.07) is 0. The van der Waals surface area contributed by atoms with Crippen LogP contribution in [0, 0.1) is 0 Å². The van der Waals surface area contributed by atoms with Crippen molar-refractivity contribution in [3.8, 4) is 0 Å². The fourth-order valence-electron chi connectivity index (χ4n) is 2.57. The van der Waals surface area contributed by atoms with E-state index in [-0.39, 0.29) is 6.61 Å². The molecule has 0 aromatic carbocycles. The zero-order valence-corrected chi connectivity index (χ0v) is 13.3. The van der Waals surface area contributed by atoms with E-state index in [1.54, 1.807) is 6.92 Å². The second kappa shape index (κ2) is 7.24. The van der Waals surface area contributed by atoms with Crippen molar-refractivity contribution in [3.63, 3.8) is 0 Å². The van der Waals surface area contributed by atoms with E-state index in [1.165, 1.54) is 20.8 Å². The van der Waals surface area contributed by atoms with E-state index >= 15 is 0 Å². The molecule has 6 atom stereocenters. The lowest BCUT2D eigenvalue weighted by atomic mass is 9.97. The summed E-state index contributed by atoms with van der Waals surface area (Å²) in [7, 11) is 0. The Labute approximate surface area is 133 Å². The Kier molecular flexibility index (Phi) is 5.55. The first-order valence-electron chi connectivity index (χ1n) is 7.22. The fourth-order valence-corrected chi connectivity index (χ4v) is 2.57. The van der Waals surface area contributed by atoms with Crippen molar-refractivity contribution >= 4 is 17.9 Å². The molecule has 2 rings (SSSR count). The molecule has 2 aliphatic rings. The summed E-state index contributed by atoms with van der Waals surface area (Å²) in [6.07, 6.45) is -5.22. The van der Waals surface area contributed by atoms with Crippen molar-refractivity contribution in [2.45, 2.75) is 64.7 Å². The van der Waals surface area contributed by atoms with Crippen LogP contribution in [0.15, 0.2) is 0 Å². The van der Waals surface area contributed by atoms with Crippen molar-refractivity contribution in [1.29, 1.82) is 0 Å². The summed E-state index contributed by atoms with van der Waals surface area (Å²) < 4.78 is 32.0. The molecule has 0 amide bonds. The van der Waals surface area contributed by atoms with Crippen molar-refractivity contribution in [1.82, 2.24) is 0 Å². The van der Waals surface area contributed by atoms with Gasteiger partial charge in [0.2, 0.25) is 12.4 Å². The molecule has 0 radical (unpaired) electrons. The second-order valence-electron chi connectivity index (χ2n) is 5.30. The minimum absolute atomic E-state index is 0.161. The number of carbonyl (C=O) groups excluding carboxylic acids is 3. The minimum atomic E-state index is -1.22. The second-order valence-corrected chi connectivity index (χ2v) is 5.30. The van der Waals surface area contributed by atoms with E-state index in [2.05, 4.69) is 0 Å². The first-order valence-corrected chi connectivity index (χ1v) is 7.22. The van der Waals surface area contributed by atoms with Gasteiger partial charge in [-0.1, -0.05) is 0 Å².